The molecule has 0 amide bonds. The number of fused-ring (bicyclic) bond motifs is 1. The summed E-state index contributed by atoms with van der Waals surface area (Å²) in [5.74, 6) is 0.504. The molecule has 1 aromatic carbocycles. The minimum Gasteiger partial charge on any atom is -0.361 e. The molecule has 106 valence electrons. The molecule has 0 aliphatic carbocycles. The van der Waals surface area contributed by atoms with Gasteiger partial charge >= 0.3 is 0 Å². The minimum atomic E-state index is 0.504. The zero-order valence-electron chi connectivity index (χ0n) is 11.7. The van der Waals surface area contributed by atoms with Gasteiger partial charge in [0.25, 0.3) is 0 Å². The summed E-state index contributed by atoms with van der Waals surface area (Å²) in [6, 6.07) is 8.01. The number of aryl methyl sites for hydroxylation is 2. The molecule has 0 unspecified atom stereocenters. The lowest BCUT2D eigenvalue weighted by Gasteiger charge is -2.01. The third-order valence-electron chi connectivity index (χ3n) is 3.03. The number of anilines is 1. The average molecular weight is 344 g/mol. The first-order valence-corrected chi connectivity index (χ1v) is 7.29. The Bertz CT molecular complexity index is 802. The monoisotopic (exact) mass is 343 g/mol. The summed E-state index contributed by atoms with van der Waals surface area (Å²) < 4.78 is 1.04. The van der Waals surface area contributed by atoms with E-state index in [0.29, 0.717) is 5.95 Å². The molecular formula is C15H14BrN5. The van der Waals surface area contributed by atoms with Crippen molar-refractivity contribution in [2.75, 3.05) is 5.43 Å². The molecule has 0 aliphatic heterocycles. The Kier molecular flexibility index (Phi) is 3.70. The fourth-order valence-corrected chi connectivity index (χ4v) is 2.52. The first-order chi connectivity index (χ1) is 10.1. The highest BCUT2D eigenvalue weighted by Gasteiger charge is 2.02. The Morgan fingerprint density at radius 3 is 2.71 bits per heavy atom. The van der Waals surface area contributed by atoms with Crippen molar-refractivity contribution >= 4 is 39.0 Å². The van der Waals surface area contributed by atoms with Crippen LogP contribution < -0.4 is 5.43 Å². The van der Waals surface area contributed by atoms with E-state index >= 15 is 0 Å². The summed E-state index contributed by atoms with van der Waals surface area (Å²) in [6.07, 6.45) is 3.68. The van der Waals surface area contributed by atoms with Crippen LogP contribution in [0, 0.1) is 13.8 Å². The van der Waals surface area contributed by atoms with Crippen molar-refractivity contribution in [1.82, 2.24) is 15.0 Å². The topological polar surface area (TPSA) is 66.0 Å². The van der Waals surface area contributed by atoms with E-state index in [1.54, 1.807) is 6.21 Å². The summed E-state index contributed by atoms with van der Waals surface area (Å²) in [5.41, 5.74) is 6.77. The summed E-state index contributed by atoms with van der Waals surface area (Å²) in [4.78, 5) is 11.8. The second-order valence-electron chi connectivity index (χ2n) is 4.78. The van der Waals surface area contributed by atoms with Gasteiger partial charge in [-0.25, -0.2) is 15.4 Å². The van der Waals surface area contributed by atoms with Crippen LogP contribution in [0.1, 0.15) is 17.0 Å². The van der Waals surface area contributed by atoms with Crippen LogP contribution in [-0.4, -0.2) is 21.2 Å². The van der Waals surface area contributed by atoms with Crippen LogP contribution in [0.5, 0.6) is 0 Å². The van der Waals surface area contributed by atoms with Crippen LogP contribution in [0.2, 0.25) is 0 Å². The van der Waals surface area contributed by atoms with E-state index in [1.807, 2.05) is 38.2 Å². The standard InChI is InChI=1S/C15H14BrN5/c1-9-5-10(2)20-15(19-9)21-18-8-11-7-17-14-4-3-12(16)6-13(11)14/h3-8,17H,1-2H3,(H,19,20,21)/b18-8+. The lowest BCUT2D eigenvalue weighted by molar-refractivity contribution is 1.04. The Morgan fingerprint density at radius 1 is 1.19 bits per heavy atom. The van der Waals surface area contributed by atoms with E-state index in [4.69, 9.17) is 0 Å². The predicted octanol–water partition coefficient (Wildman–Crippen LogP) is 3.78. The van der Waals surface area contributed by atoms with Crippen molar-refractivity contribution in [2.24, 2.45) is 5.10 Å². The molecule has 3 aromatic rings. The number of nitrogens with zero attached hydrogens (tertiary/aromatic N) is 3. The Morgan fingerprint density at radius 2 is 1.95 bits per heavy atom. The lowest BCUT2D eigenvalue weighted by Crippen LogP contribution is -1.99. The predicted molar refractivity (Wildman–Crippen MR) is 88.7 cm³/mol. The van der Waals surface area contributed by atoms with Gasteiger partial charge in [0.15, 0.2) is 0 Å². The van der Waals surface area contributed by atoms with Crippen molar-refractivity contribution < 1.29 is 0 Å². The van der Waals surface area contributed by atoms with Gasteiger partial charge in [0, 0.05) is 38.5 Å². The van der Waals surface area contributed by atoms with Gasteiger partial charge in [-0.05, 0) is 38.1 Å². The number of aromatic nitrogens is 3. The maximum Gasteiger partial charge on any atom is 0.243 e. The minimum absolute atomic E-state index is 0.504. The SMILES string of the molecule is Cc1cc(C)nc(N/N=C/c2c[nH]c3ccc(Br)cc23)n1. The number of benzene rings is 1. The summed E-state index contributed by atoms with van der Waals surface area (Å²) in [7, 11) is 0. The zero-order chi connectivity index (χ0) is 14.8. The number of halogens is 1. The normalized spacial score (nSPS) is 11.4. The zero-order valence-corrected chi connectivity index (χ0v) is 13.3. The first kappa shape index (κ1) is 13.8. The largest absolute Gasteiger partial charge is 0.361 e. The van der Waals surface area contributed by atoms with E-state index in [1.165, 1.54) is 0 Å². The summed E-state index contributed by atoms with van der Waals surface area (Å²) >= 11 is 3.48. The van der Waals surface area contributed by atoms with E-state index < -0.39 is 0 Å². The second kappa shape index (κ2) is 5.65. The van der Waals surface area contributed by atoms with Crippen LogP contribution in [0.25, 0.3) is 10.9 Å². The highest BCUT2D eigenvalue weighted by molar-refractivity contribution is 9.10. The van der Waals surface area contributed by atoms with E-state index in [2.05, 4.69) is 47.5 Å². The fourth-order valence-electron chi connectivity index (χ4n) is 2.16. The van der Waals surface area contributed by atoms with E-state index in [-0.39, 0.29) is 0 Å². The van der Waals surface area contributed by atoms with Gasteiger partial charge in [-0.3, -0.25) is 0 Å². The van der Waals surface area contributed by atoms with Gasteiger partial charge in [0.1, 0.15) is 0 Å². The van der Waals surface area contributed by atoms with Crippen LogP contribution >= 0.6 is 15.9 Å². The molecular weight excluding hydrogens is 330 g/mol. The molecule has 0 bridgehead atoms. The highest BCUT2D eigenvalue weighted by atomic mass is 79.9. The molecule has 5 nitrogen and oxygen atoms in total. The number of hydrazone groups is 1. The van der Waals surface area contributed by atoms with Crippen LogP contribution in [0.4, 0.5) is 5.95 Å². The van der Waals surface area contributed by atoms with Crippen LogP contribution in [0.15, 0.2) is 40.0 Å². The molecule has 21 heavy (non-hydrogen) atoms. The summed E-state index contributed by atoms with van der Waals surface area (Å²) in [6.45, 7) is 3.86. The Hall–Kier alpha value is -2.21. The van der Waals surface area contributed by atoms with E-state index in [9.17, 15) is 0 Å². The maximum atomic E-state index is 4.28. The number of nitrogens with one attached hydrogen (secondary N) is 2. The number of hydrogen-bond acceptors (Lipinski definition) is 4. The van der Waals surface area contributed by atoms with Gasteiger partial charge in [0.2, 0.25) is 5.95 Å². The molecule has 0 saturated carbocycles. The molecule has 0 spiro atoms. The summed E-state index contributed by atoms with van der Waals surface area (Å²) in [5, 5.41) is 5.32. The molecule has 0 aliphatic rings. The highest BCUT2D eigenvalue weighted by Crippen LogP contribution is 2.21. The van der Waals surface area contributed by atoms with Crippen molar-refractivity contribution in [2.45, 2.75) is 13.8 Å². The third-order valence-corrected chi connectivity index (χ3v) is 3.52. The molecule has 0 fully saturated rings. The van der Waals surface area contributed by atoms with Crippen molar-refractivity contribution in [3.8, 4) is 0 Å². The molecule has 2 aromatic heterocycles. The van der Waals surface area contributed by atoms with Crippen molar-refractivity contribution in [3.63, 3.8) is 0 Å². The van der Waals surface area contributed by atoms with Gasteiger partial charge in [0.05, 0.1) is 6.21 Å². The maximum absolute atomic E-state index is 4.28. The Balaban J connectivity index is 1.83. The van der Waals surface area contributed by atoms with Crippen molar-refractivity contribution in [1.29, 1.82) is 0 Å². The molecule has 3 rings (SSSR count). The van der Waals surface area contributed by atoms with Gasteiger partial charge in [-0.15, -0.1) is 0 Å². The quantitative estimate of drug-likeness (QED) is 0.561. The van der Waals surface area contributed by atoms with Gasteiger partial charge in [-0.2, -0.15) is 5.10 Å². The smallest absolute Gasteiger partial charge is 0.243 e. The van der Waals surface area contributed by atoms with Gasteiger partial charge < -0.3 is 4.98 Å². The molecule has 0 atom stereocenters. The van der Waals surface area contributed by atoms with Crippen LogP contribution in [0.3, 0.4) is 0 Å². The van der Waals surface area contributed by atoms with E-state index in [0.717, 1.165) is 32.3 Å². The van der Waals surface area contributed by atoms with Crippen LogP contribution in [-0.2, 0) is 0 Å². The third kappa shape index (κ3) is 3.11. The van der Waals surface area contributed by atoms with Gasteiger partial charge in [-0.1, -0.05) is 15.9 Å². The Labute approximate surface area is 130 Å². The first-order valence-electron chi connectivity index (χ1n) is 6.50. The second-order valence-corrected chi connectivity index (χ2v) is 5.69. The van der Waals surface area contributed by atoms with Crippen molar-refractivity contribution in [3.05, 3.63) is 51.9 Å². The number of H-pyrrole nitrogens is 1. The molecule has 0 radical (unpaired) electrons. The average Bonchev–Trinajstić information content (AvgIpc) is 2.80. The molecule has 2 N–H and O–H groups in total. The lowest BCUT2D eigenvalue weighted by atomic mass is 10.2. The molecule has 6 heteroatoms. The fraction of sp³-hybridized carbons (Fsp3) is 0.133. The molecule has 0 saturated heterocycles. The number of aromatic amines is 1. The molecule has 2 heterocycles. The number of rotatable bonds is 3. The number of hydrogen-bond donors (Lipinski definition) is 2.